The largest absolute Gasteiger partial charge is 2.00 e. The Kier molecular flexibility index (Phi) is 37.2. The maximum atomic E-state index is 4.90. The van der Waals surface area contributed by atoms with Crippen LogP contribution in [0.1, 0.15) is 0 Å². The van der Waals surface area contributed by atoms with Crippen LogP contribution in [0.2, 0.25) is 0 Å². The first-order valence-corrected chi connectivity index (χ1v) is 5.56. The first-order valence-electron chi connectivity index (χ1n) is 5.56. The second kappa shape index (κ2) is 25.6. The van der Waals surface area contributed by atoms with E-state index in [4.69, 9.17) is 22.9 Å². The van der Waals surface area contributed by atoms with E-state index in [1.807, 2.05) is 0 Å². The zero-order valence-electron chi connectivity index (χ0n) is 12.2. The van der Waals surface area contributed by atoms with Crippen LogP contribution in [0.25, 0.3) is 11.6 Å². The molecule has 0 aromatic carbocycles. The summed E-state index contributed by atoms with van der Waals surface area (Å²) in [5.41, 5.74) is 19.6. The van der Waals surface area contributed by atoms with E-state index in [0.29, 0.717) is 37.8 Å². The standard InChI is InChI=1S/C5H3N6.2C2H8N2.ClH.Ni.2H2O/c1-2-6-4(7-3-1)5-8-10-11-9-5;2*3-1-2-4;;;;/h1-3H;2*1-4H2;1H;;2*1H2/q-1;;;;+2;;/p-1. The van der Waals surface area contributed by atoms with Gasteiger partial charge in [0.05, 0.1) is 5.82 Å². The van der Waals surface area contributed by atoms with Crippen molar-refractivity contribution in [1.82, 2.24) is 30.6 Å². The van der Waals surface area contributed by atoms with Crippen LogP contribution in [0.15, 0.2) is 18.5 Å². The molecule has 2 heterocycles. The summed E-state index contributed by atoms with van der Waals surface area (Å²) in [6.45, 7) is 2.39. The third kappa shape index (κ3) is 18.6. The van der Waals surface area contributed by atoms with Gasteiger partial charge in [-0.3, -0.25) is 10.3 Å². The van der Waals surface area contributed by atoms with E-state index in [0.717, 1.165) is 0 Å². The average Bonchev–Trinajstić information content (AvgIpc) is 3.03. The number of hydrogen-bond acceptors (Lipinski definition) is 9. The van der Waals surface area contributed by atoms with Crippen LogP contribution in [0, 0.1) is 0 Å². The van der Waals surface area contributed by atoms with E-state index >= 15 is 0 Å². The van der Waals surface area contributed by atoms with Crippen LogP contribution in [0.3, 0.4) is 0 Å². The molecule has 14 heteroatoms. The molecule has 0 spiro atoms. The van der Waals surface area contributed by atoms with Gasteiger partial charge in [0.1, 0.15) is 0 Å². The maximum absolute atomic E-state index is 4.90. The predicted molar refractivity (Wildman–Crippen MR) is 77.6 cm³/mol. The Balaban J connectivity index is -0.0000000789. The van der Waals surface area contributed by atoms with E-state index in [2.05, 4.69) is 30.6 Å². The summed E-state index contributed by atoms with van der Waals surface area (Å²) in [4.78, 5) is 7.81. The van der Waals surface area contributed by atoms with Gasteiger partial charge in [-0.1, -0.05) is 0 Å². The fourth-order valence-corrected chi connectivity index (χ4v) is 0.649. The Morgan fingerprint density at radius 1 is 0.870 bits per heavy atom. The molecular formula is C9H23ClN10NiO2. The van der Waals surface area contributed by atoms with E-state index in [-0.39, 0.29) is 39.9 Å². The monoisotopic (exact) mass is 396 g/mol. The average molecular weight is 397 g/mol. The maximum Gasteiger partial charge on any atom is 2.00 e. The van der Waals surface area contributed by atoms with Crippen molar-refractivity contribution < 1.29 is 39.9 Å². The van der Waals surface area contributed by atoms with Crippen LogP contribution < -0.4 is 40.4 Å². The van der Waals surface area contributed by atoms with Crippen molar-refractivity contribution in [2.75, 3.05) is 26.2 Å². The van der Waals surface area contributed by atoms with Crippen LogP contribution in [0.4, 0.5) is 0 Å². The van der Waals surface area contributed by atoms with Gasteiger partial charge in [0.2, 0.25) is 0 Å². The Bertz CT molecular complexity index is 388. The molecule has 138 valence electrons. The first kappa shape index (κ1) is 33.3. The van der Waals surface area contributed by atoms with Gasteiger partial charge in [-0.15, -0.1) is 0 Å². The van der Waals surface area contributed by atoms with Gasteiger partial charge in [-0.05, 0) is 6.07 Å². The summed E-state index contributed by atoms with van der Waals surface area (Å²) < 4.78 is 0. The Morgan fingerprint density at radius 3 is 1.61 bits per heavy atom. The van der Waals surface area contributed by atoms with Gasteiger partial charge < -0.3 is 51.4 Å². The SMILES string of the molecule is NCCN.NCCN.O.O.[Cl-].[Ni+2].c1cnc(-c2nnn[n-]2)nc1. The van der Waals surface area contributed by atoms with Gasteiger partial charge in [0.25, 0.3) is 0 Å². The number of halogens is 1. The van der Waals surface area contributed by atoms with Crippen LogP contribution >= 0.6 is 0 Å². The summed E-state index contributed by atoms with van der Waals surface area (Å²) in [5, 5.41) is 13.8. The zero-order valence-corrected chi connectivity index (χ0v) is 14.0. The number of hydrogen-bond donors (Lipinski definition) is 4. The first-order chi connectivity index (χ1) is 9.29. The summed E-state index contributed by atoms with van der Waals surface area (Å²) >= 11 is 0. The van der Waals surface area contributed by atoms with Crippen LogP contribution in [0.5, 0.6) is 0 Å². The van der Waals surface area contributed by atoms with Crippen molar-refractivity contribution in [3.63, 3.8) is 0 Å². The smallest absolute Gasteiger partial charge is 1.00 e. The van der Waals surface area contributed by atoms with Crippen molar-refractivity contribution in [2.24, 2.45) is 22.9 Å². The van der Waals surface area contributed by atoms with E-state index in [1.54, 1.807) is 18.5 Å². The molecule has 0 aliphatic rings. The minimum atomic E-state index is 0. The molecule has 23 heavy (non-hydrogen) atoms. The van der Waals surface area contributed by atoms with Crippen molar-refractivity contribution in [2.45, 2.75) is 0 Å². The summed E-state index contributed by atoms with van der Waals surface area (Å²) in [7, 11) is 0. The van der Waals surface area contributed by atoms with Gasteiger partial charge in [-0.25, -0.2) is 9.97 Å². The molecule has 0 radical (unpaired) electrons. The fourth-order valence-electron chi connectivity index (χ4n) is 0.649. The third-order valence-electron chi connectivity index (χ3n) is 1.42. The van der Waals surface area contributed by atoms with Gasteiger partial charge in [-0.2, -0.15) is 5.21 Å². The van der Waals surface area contributed by atoms with Crippen molar-refractivity contribution in [3.05, 3.63) is 18.5 Å². The van der Waals surface area contributed by atoms with Crippen LogP contribution in [-0.2, 0) is 16.5 Å². The molecule has 0 bridgehead atoms. The molecule has 0 fully saturated rings. The molecule has 12 N–H and O–H groups in total. The molecule has 2 aromatic rings. The molecule has 2 rings (SSSR count). The number of rotatable bonds is 3. The molecule has 0 saturated heterocycles. The molecular weight excluding hydrogens is 374 g/mol. The van der Waals surface area contributed by atoms with Crippen molar-refractivity contribution >= 4 is 0 Å². The molecule has 12 nitrogen and oxygen atoms in total. The Hall–Kier alpha value is -1.31. The predicted octanol–water partition coefficient (Wildman–Crippen LogP) is -7.55. The summed E-state index contributed by atoms with van der Waals surface area (Å²) in [6.07, 6.45) is 3.22. The van der Waals surface area contributed by atoms with E-state index in [1.165, 1.54) is 0 Å². The topological polar surface area (TPSA) is 246 Å². The normalized spacial score (nSPS) is 7.30. The molecule has 0 aliphatic heterocycles. The summed E-state index contributed by atoms with van der Waals surface area (Å²) in [6, 6.07) is 1.72. The number of nitrogens with two attached hydrogens (primary N) is 4. The minimum Gasteiger partial charge on any atom is -1.00 e. The van der Waals surface area contributed by atoms with Gasteiger partial charge >= 0.3 is 16.5 Å². The minimum absolute atomic E-state index is 0. The summed E-state index contributed by atoms with van der Waals surface area (Å²) in [5.74, 6) is 0.795. The second-order valence-corrected chi connectivity index (χ2v) is 2.93. The number of tetrazole rings is 1. The molecule has 0 aliphatic carbocycles. The molecule has 2 aromatic heterocycles. The number of aromatic nitrogens is 6. The quantitative estimate of drug-likeness (QED) is 0.356. The van der Waals surface area contributed by atoms with Crippen molar-refractivity contribution in [3.8, 4) is 11.6 Å². The molecule has 0 amide bonds. The van der Waals surface area contributed by atoms with E-state index < -0.39 is 0 Å². The zero-order chi connectivity index (χ0) is 14.3. The molecule has 0 saturated carbocycles. The van der Waals surface area contributed by atoms with Gasteiger partial charge in [0.15, 0.2) is 5.82 Å². The van der Waals surface area contributed by atoms with Gasteiger partial charge in [0, 0.05) is 38.6 Å². The Morgan fingerprint density at radius 2 is 1.30 bits per heavy atom. The Labute approximate surface area is 150 Å². The fraction of sp³-hybridized carbons (Fsp3) is 0.444. The van der Waals surface area contributed by atoms with Crippen molar-refractivity contribution in [1.29, 1.82) is 0 Å². The molecule has 0 unspecified atom stereocenters. The number of nitrogens with zero attached hydrogens (tertiary/aromatic N) is 6. The molecule has 0 atom stereocenters. The van der Waals surface area contributed by atoms with E-state index in [9.17, 15) is 0 Å². The second-order valence-electron chi connectivity index (χ2n) is 2.93. The van der Waals surface area contributed by atoms with Crippen LogP contribution in [-0.4, -0.2) is 62.6 Å². The third-order valence-corrected chi connectivity index (χ3v) is 1.42.